The summed E-state index contributed by atoms with van der Waals surface area (Å²) in [5.41, 5.74) is 1.41. The summed E-state index contributed by atoms with van der Waals surface area (Å²) in [6.45, 7) is 9.40. The lowest BCUT2D eigenvalue weighted by atomic mass is 10.1. The second kappa shape index (κ2) is 9.38. The largest absolute Gasteiger partial charge is 0.474 e. The summed E-state index contributed by atoms with van der Waals surface area (Å²) in [6, 6.07) is 8.11. The summed E-state index contributed by atoms with van der Waals surface area (Å²) in [5, 5.41) is 10.5. The van der Waals surface area contributed by atoms with Crippen molar-refractivity contribution in [2.45, 2.75) is 43.9 Å². The van der Waals surface area contributed by atoms with Crippen molar-refractivity contribution in [3.8, 4) is 5.88 Å². The fourth-order valence-corrected chi connectivity index (χ4v) is 3.68. The number of aliphatic imine (C=N–C) groups is 1. The van der Waals surface area contributed by atoms with Gasteiger partial charge in [-0.3, -0.25) is 0 Å². The third kappa shape index (κ3) is 6.61. The van der Waals surface area contributed by atoms with Crippen molar-refractivity contribution in [3.63, 3.8) is 0 Å². The highest BCUT2D eigenvalue weighted by molar-refractivity contribution is 8.14. The molecule has 32 heavy (non-hydrogen) atoms. The van der Waals surface area contributed by atoms with Crippen LogP contribution in [0.2, 0.25) is 0 Å². The van der Waals surface area contributed by atoms with Crippen molar-refractivity contribution in [1.29, 1.82) is 0 Å². The number of benzene rings is 1. The Kier molecular flexibility index (Phi) is 7.00. The predicted octanol–water partition coefficient (Wildman–Crippen LogP) is 5.64. The highest BCUT2D eigenvalue weighted by Crippen LogP contribution is 2.32. The number of aliphatic hydroxyl groups is 1. The molecule has 0 fully saturated rings. The molecule has 3 rings (SSSR count). The molecule has 1 aromatic heterocycles. The van der Waals surface area contributed by atoms with E-state index in [4.69, 9.17) is 4.74 Å². The van der Waals surface area contributed by atoms with Crippen LogP contribution in [0.1, 0.15) is 25.0 Å². The van der Waals surface area contributed by atoms with E-state index >= 15 is 0 Å². The number of hydrogen-bond acceptors (Lipinski definition) is 6. The Morgan fingerprint density at radius 1 is 1.19 bits per heavy atom. The first-order valence-electron chi connectivity index (χ1n) is 9.80. The van der Waals surface area contributed by atoms with Gasteiger partial charge < -0.3 is 14.7 Å². The van der Waals surface area contributed by atoms with Crippen LogP contribution in [0, 0.1) is 6.92 Å². The van der Waals surface area contributed by atoms with Gasteiger partial charge in [-0.1, -0.05) is 30.5 Å². The van der Waals surface area contributed by atoms with Crippen LogP contribution in [0.4, 0.5) is 18.9 Å². The molecule has 0 unspecified atom stereocenters. The zero-order valence-corrected chi connectivity index (χ0v) is 18.8. The van der Waals surface area contributed by atoms with E-state index in [2.05, 4.69) is 16.6 Å². The number of alkyl halides is 3. The second-order valence-electron chi connectivity index (χ2n) is 8.00. The Morgan fingerprint density at radius 3 is 2.47 bits per heavy atom. The molecular formula is C23H24F3N3O2S. The molecule has 9 heteroatoms. The maximum atomic E-state index is 12.5. The SMILES string of the molecule is C=C1C(Sc2ccc(CC(F)(F)F)cc2)=NC=CN1c1cnc(OCC(C)(C)O)c(C)c1. The first kappa shape index (κ1) is 23.9. The number of ether oxygens (including phenoxy) is 1. The second-order valence-corrected chi connectivity index (χ2v) is 9.07. The highest BCUT2D eigenvalue weighted by atomic mass is 32.2. The zero-order valence-electron chi connectivity index (χ0n) is 18.0. The molecule has 0 radical (unpaired) electrons. The number of pyridine rings is 1. The van der Waals surface area contributed by atoms with Gasteiger partial charge in [0, 0.05) is 22.9 Å². The maximum absolute atomic E-state index is 12.5. The van der Waals surface area contributed by atoms with Crippen LogP contribution in [0.3, 0.4) is 0 Å². The Balaban J connectivity index is 1.69. The first-order valence-corrected chi connectivity index (χ1v) is 10.6. The normalized spacial score (nSPS) is 14.5. The minimum atomic E-state index is -4.23. The van der Waals surface area contributed by atoms with Crippen LogP contribution in [0.25, 0.3) is 0 Å². The molecule has 5 nitrogen and oxygen atoms in total. The Bertz CT molecular complexity index is 1040. The quantitative estimate of drug-likeness (QED) is 0.601. The number of aromatic nitrogens is 1. The van der Waals surface area contributed by atoms with Gasteiger partial charge in [-0.25, -0.2) is 9.98 Å². The lowest BCUT2D eigenvalue weighted by Gasteiger charge is -2.26. The van der Waals surface area contributed by atoms with E-state index in [-0.39, 0.29) is 12.2 Å². The monoisotopic (exact) mass is 463 g/mol. The van der Waals surface area contributed by atoms with Crippen molar-refractivity contribution in [2.75, 3.05) is 11.5 Å². The van der Waals surface area contributed by atoms with Crippen molar-refractivity contribution in [3.05, 3.63) is 72.3 Å². The van der Waals surface area contributed by atoms with Crippen molar-refractivity contribution < 1.29 is 23.0 Å². The Morgan fingerprint density at radius 2 is 1.88 bits per heavy atom. The minimum Gasteiger partial charge on any atom is -0.474 e. The summed E-state index contributed by atoms with van der Waals surface area (Å²) in [7, 11) is 0. The van der Waals surface area contributed by atoms with Crippen LogP contribution in [0.5, 0.6) is 5.88 Å². The van der Waals surface area contributed by atoms with Gasteiger partial charge in [-0.15, -0.1) is 0 Å². The van der Waals surface area contributed by atoms with Crippen LogP contribution >= 0.6 is 11.8 Å². The van der Waals surface area contributed by atoms with Gasteiger partial charge in [0.15, 0.2) is 0 Å². The molecule has 1 aromatic carbocycles. The molecule has 170 valence electrons. The maximum Gasteiger partial charge on any atom is 0.393 e. The summed E-state index contributed by atoms with van der Waals surface area (Å²) in [4.78, 5) is 11.3. The zero-order chi connectivity index (χ0) is 23.5. The van der Waals surface area contributed by atoms with E-state index < -0.39 is 18.2 Å². The van der Waals surface area contributed by atoms with E-state index in [1.54, 1.807) is 44.6 Å². The molecular weight excluding hydrogens is 439 g/mol. The lowest BCUT2D eigenvalue weighted by Crippen LogP contribution is -2.28. The molecule has 2 heterocycles. The van der Waals surface area contributed by atoms with Gasteiger partial charge in [0.1, 0.15) is 11.7 Å². The fourth-order valence-electron chi connectivity index (χ4n) is 2.86. The van der Waals surface area contributed by atoms with Gasteiger partial charge in [-0.05, 0) is 44.5 Å². The topological polar surface area (TPSA) is 58.0 Å². The molecule has 0 saturated carbocycles. The van der Waals surface area contributed by atoms with Gasteiger partial charge in [0.2, 0.25) is 5.88 Å². The summed E-state index contributed by atoms with van der Waals surface area (Å²) >= 11 is 1.32. The van der Waals surface area contributed by atoms with E-state index in [1.807, 2.05) is 17.9 Å². The van der Waals surface area contributed by atoms with E-state index in [0.717, 1.165) is 16.1 Å². The molecule has 0 spiro atoms. The molecule has 0 amide bonds. The van der Waals surface area contributed by atoms with E-state index in [0.29, 0.717) is 16.6 Å². The fraction of sp³-hybridized carbons (Fsp3) is 0.304. The molecule has 0 atom stereocenters. The summed E-state index contributed by atoms with van der Waals surface area (Å²) in [6.07, 6.45) is -0.163. The average Bonchev–Trinajstić information content (AvgIpc) is 2.68. The summed E-state index contributed by atoms with van der Waals surface area (Å²) in [5.74, 6) is 0.435. The van der Waals surface area contributed by atoms with Gasteiger partial charge in [0.25, 0.3) is 0 Å². The van der Waals surface area contributed by atoms with Crippen LogP contribution in [-0.2, 0) is 6.42 Å². The van der Waals surface area contributed by atoms with Gasteiger partial charge in [0.05, 0.1) is 29.6 Å². The number of aryl methyl sites for hydroxylation is 1. The third-order valence-corrected chi connectivity index (χ3v) is 5.39. The van der Waals surface area contributed by atoms with Gasteiger partial charge in [-0.2, -0.15) is 13.2 Å². The number of rotatable bonds is 6. The highest BCUT2D eigenvalue weighted by Gasteiger charge is 2.27. The number of hydrogen-bond donors (Lipinski definition) is 1. The predicted molar refractivity (Wildman–Crippen MR) is 121 cm³/mol. The third-order valence-electron chi connectivity index (χ3n) is 4.34. The average molecular weight is 464 g/mol. The van der Waals surface area contributed by atoms with E-state index in [1.165, 1.54) is 23.9 Å². The molecule has 1 aliphatic heterocycles. The lowest BCUT2D eigenvalue weighted by molar-refractivity contribution is -0.127. The number of thioether (sulfide) groups is 1. The number of anilines is 1. The standard InChI is InChI=1S/C23H24F3N3O2S/c1-15-11-18(13-28-20(15)31-14-22(3,4)30)29-10-9-27-21(16(29)2)32-19-7-5-17(6-8-19)12-23(24,25)26/h5-11,13,30H,2,12,14H2,1,3-4H3. The van der Waals surface area contributed by atoms with E-state index in [9.17, 15) is 18.3 Å². The molecule has 2 aromatic rings. The van der Waals surface area contributed by atoms with Crippen LogP contribution in [-0.4, -0.2) is 33.5 Å². The number of halogens is 3. The molecule has 0 saturated heterocycles. The van der Waals surface area contributed by atoms with Crippen molar-refractivity contribution in [1.82, 2.24) is 4.98 Å². The Hall–Kier alpha value is -2.78. The van der Waals surface area contributed by atoms with Crippen molar-refractivity contribution >= 4 is 22.5 Å². The van der Waals surface area contributed by atoms with Crippen LogP contribution in [0.15, 0.2) is 71.1 Å². The number of nitrogens with zero attached hydrogens (tertiary/aromatic N) is 3. The minimum absolute atomic E-state index is 0.117. The molecule has 0 bridgehead atoms. The van der Waals surface area contributed by atoms with Crippen molar-refractivity contribution in [2.24, 2.45) is 4.99 Å². The Labute approximate surface area is 189 Å². The van der Waals surface area contributed by atoms with Gasteiger partial charge >= 0.3 is 6.18 Å². The molecule has 1 N–H and O–H groups in total. The first-order chi connectivity index (χ1) is 14.9. The van der Waals surface area contributed by atoms with Crippen LogP contribution < -0.4 is 9.64 Å². The smallest absolute Gasteiger partial charge is 0.393 e. The summed E-state index contributed by atoms with van der Waals surface area (Å²) < 4.78 is 43.2. The molecule has 1 aliphatic rings. The molecule has 0 aliphatic carbocycles.